The zero-order valence-corrected chi connectivity index (χ0v) is 11.3. The van der Waals surface area contributed by atoms with Crippen molar-refractivity contribution in [1.82, 2.24) is 10.2 Å². The molecule has 4 heteroatoms. The molecule has 2 rings (SSSR count). The van der Waals surface area contributed by atoms with E-state index < -0.39 is 0 Å². The van der Waals surface area contributed by atoms with E-state index in [1.165, 1.54) is 12.8 Å². The molecule has 0 radical (unpaired) electrons. The van der Waals surface area contributed by atoms with Crippen LogP contribution in [0.5, 0.6) is 0 Å². The normalized spacial score (nSPS) is 29.6. The summed E-state index contributed by atoms with van der Waals surface area (Å²) >= 11 is 0. The zero-order valence-electron chi connectivity index (χ0n) is 11.3. The van der Waals surface area contributed by atoms with Crippen molar-refractivity contribution < 1.29 is 9.59 Å². The molecule has 2 amide bonds. The van der Waals surface area contributed by atoms with E-state index in [1.54, 1.807) is 0 Å². The van der Waals surface area contributed by atoms with E-state index in [9.17, 15) is 9.59 Å². The average molecular weight is 252 g/mol. The molecule has 0 saturated carbocycles. The molecule has 0 aromatic rings. The average Bonchev–Trinajstić information content (AvgIpc) is 2.63. The van der Waals surface area contributed by atoms with Crippen molar-refractivity contribution in [2.45, 2.75) is 57.9 Å². The number of rotatable bonds is 2. The third-order valence-corrected chi connectivity index (χ3v) is 4.25. The fourth-order valence-electron chi connectivity index (χ4n) is 3.07. The maximum absolute atomic E-state index is 12.6. The molecule has 102 valence electrons. The largest absolute Gasteiger partial charge is 0.355 e. The van der Waals surface area contributed by atoms with Gasteiger partial charge in [-0.05, 0) is 25.7 Å². The predicted octanol–water partition coefficient (Wildman–Crippen LogP) is 1.69. The van der Waals surface area contributed by atoms with Crippen molar-refractivity contribution in [3.63, 3.8) is 0 Å². The van der Waals surface area contributed by atoms with Crippen LogP contribution in [-0.2, 0) is 9.59 Å². The first-order valence-electron chi connectivity index (χ1n) is 7.29. The lowest BCUT2D eigenvalue weighted by molar-refractivity contribution is -0.139. The Hall–Kier alpha value is -1.06. The molecule has 1 N–H and O–H groups in total. The van der Waals surface area contributed by atoms with Gasteiger partial charge in [-0.25, -0.2) is 0 Å². The number of hydrogen-bond donors (Lipinski definition) is 1. The summed E-state index contributed by atoms with van der Waals surface area (Å²) in [6.45, 7) is 3.60. The van der Waals surface area contributed by atoms with E-state index in [0.717, 1.165) is 32.2 Å². The number of amides is 2. The van der Waals surface area contributed by atoms with Crippen LogP contribution in [0.25, 0.3) is 0 Å². The van der Waals surface area contributed by atoms with Gasteiger partial charge in [0, 0.05) is 25.6 Å². The van der Waals surface area contributed by atoms with Gasteiger partial charge < -0.3 is 10.2 Å². The van der Waals surface area contributed by atoms with Crippen LogP contribution >= 0.6 is 0 Å². The van der Waals surface area contributed by atoms with Crippen molar-refractivity contribution in [1.29, 1.82) is 0 Å². The molecule has 0 spiro atoms. The van der Waals surface area contributed by atoms with Gasteiger partial charge in [-0.1, -0.05) is 19.8 Å². The summed E-state index contributed by atoms with van der Waals surface area (Å²) in [7, 11) is 0. The van der Waals surface area contributed by atoms with Crippen LogP contribution in [0.15, 0.2) is 0 Å². The second-order valence-electron chi connectivity index (χ2n) is 5.48. The topological polar surface area (TPSA) is 49.4 Å². The van der Waals surface area contributed by atoms with Crippen LogP contribution < -0.4 is 5.32 Å². The minimum Gasteiger partial charge on any atom is -0.355 e. The highest BCUT2D eigenvalue weighted by Gasteiger charge is 2.31. The Balaban J connectivity index is 1.98. The second kappa shape index (κ2) is 6.21. The Kier molecular flexibility index (Phi) is 4.61. The molecule has 0 bridgehead atoms. The molecule has 2 fully saturated rings. The molecular weight excluding hydrogens is 228 g/mol. The van der Waals surface area contributed by atoms with Crippen LogP contribution in [-0.4, -0.2) is 35.8 Å². The van der Waals surface area contributed by atoms with Crippen LogP contribution in [0.3, 0.4) is 0 Å². The fraction of sp³-hybridized carbons (Fsp3) is 0.857. The zero-order chi connectivity index (χ0) is 13.0. The summed E-state index contributed by atoms with van der Waals surface area (Å²) in [5.74, 6) is 0.362. The van der Waals surface area contributed by atoms with Crippen molar-refractivity contribution in [3.8, 4) is 0 Å². The second-order valence-corrected chi connectivity index (χ2v) is 5.48. The van der Waals surface area contributed by atoms with Gasteiger partial charge in [0.05, 0.1) is 5.92 Å². The van der Waals surface area contributed by atoms with Crippen molar-refractivity contribution >= 4 is 11.8 Å². The Labute approximate surface area is 109 Å². The SMILES string of the molecule is CCC1CCCCCN1C(=O)C1CCC(=O)NC1. The molecule has 0 aromatic heterocycles. The monoisotopic (exact) mass is 252 g/mol. The minimum absolute atomic E-state index is 0.00912. The lowest BCUT2D eigenvalue weighted by Crippen LogP contribution is -2.48. The minimum atomic E-state index is 0.00912. The molecule has 4 nitrogen and oxygen atoms in total. The molecule has 18 heavy (non-hydrogen) atoms. The van der Waals surface area contributed by atoms with E-state index in [1.807, 2.05) is 0 Å². The summed E-state index contributed by atoms with van der Waals surface area (Å²) in [5.41, 5.74) is 0. The highest BCUT2D eigenvalue weighted by atomic mass is 16.2. The molecule has 2 heterocycles. The lowest BCUT2D eigenvalue weighted by atomic mass is 9.96. The van der Waals surface area contributed by atoms with Gasteiger partial charge in [0.2, 0.25) is 11.8 Å². The standard InChI is InChI=1S/C14H24N2O2/c1-2-12-6-4-3-5-9-16(12)14(18)11-7-8-13(17)15-10-11/h11-12H,2-10H2,1H3,(H,15,17). The Morgan fingerprint density at radius 1 is 1.33 bits per heavy atom. The van der Waals surface area contributed by atoms with E-state index in [2.05, 4.69) is 17.1 Å². The van der Waals surface area contributed by atoms with Gasteiger partial charge in [-0.3, -0.25) is 9.59 Å². The number of hydrogen-bond acceptors (Lipinski definition) is 2. The van der Waals surface area contributed by atoms with Crippen LogP contribution in [0.4, 0.5) is 0 Å². The van der Waals surface area contributed by atoms with Gasteiger partial charge in [-0.15, -0.1) is 0 Å². The number of nitrogens with one attached hydrogen (secondary N) is 1. The molecule has 2 aliphatic heterocycles. The number of likely N-dealkylation sites (tertiary alicyclic amines) is 1. The van der Waals surface area contributed by atoms with Gasteiger partial charge >= 0.3 is 0 Å². The maximum atomic E-state index is 12.6. The smallest absolute Gasteiger partial charge is 0.227 e. The van der Waals surface area contributed by atoms with Gasteiger partial charge in [-0.2, -0.15) is 0 Å². The van der Waals surface area contributed by atoms with Crippen molar-refractivity contribution in [2.75, 3.05) is 13.1 Å². The third-order valence-electron chi connectivity index (χ3n) is 4.25. The molecule has 2 aliphatic rings. The van der Waals surface area contributed by atoms with E-state index in [4.69, 9.17) is 0 Å². The number of nitrogens with zero attached hydrogens (tertiary/aromatic N) is 1. The molecule has 0 aliphatic carbocycles. The lowest BCUT2D eigenvalue weighted by Gasteiger charge is -2.34. The highest BCUT2D eigenvalue weighted by molar-refractivity contribution is 5.84. The Bertz CT molecular complexity index is 307. The summed E-state index contributed by atoms with van der Waals surface area (Å²) in [5, 5.41) is 2.81. The van der Waals surface area contributed by atoms with E-state index in [0.29, 0.717) is 19.0 Å². The third kappa shape index (κ3) is 3.03. The Morgan fingerprint density at radius 3 is 2.83 bits per heavy atom. The summed E-state index contributed by atoms with van der Waals surface area (Å²) in [6.07, 6.45) is 7.01. The maximum Gasteiger partial charge on any atom is 0.227 e. The van der Waals surface area contributed by atoms with Gasteiger partial charge in [0.15, 0.2) is 0 Å². The number of carbonyl (C=O) groups is 2. The first-order valence-corrected chi connectivity index (χ1v) is 7.29. The molecular formula is C14H24N2O2. The summed E-state index contributed by atoms with van der Waals surface area (Å²) < 4.78 is 0. The Morgan fingerprint density at radius 2 is 2.17 bits per heavy atom. The quantitative estimate of drug-likeness (QED) is 0.813. The summed E-state index contributed by atoms with van der Waals surface area (Å²) in [6, 6.07) is 0.414. The van der Waals surface area contributed by atoms with E-state index in [-0.39, 0.29) is 17.7 Å². The first-order chi connectivity index (χ1) is 8.72. The summed E-state index contributed by atoms with van der Waals surface area (Å²) in [4.78, 5) is 25.8. The van der Waals surface area contributed by atoms with Crippen molar-refractivity contribution in [2.24, 2.45) is 5.92 Å². The van der Waals surface area contributed by atoms with Crippen LogP contribution in [0.2, 0.25) is 0 Å². The van der Waals surface area contributed by atoms with Gasteiger partial charge in [0.1, 0.15) is 0 Å². The molecule has 2 saturated heterocycles. The van der Waals surface area contributed by atoms with E-state index >= 15 is 0 Å². The van der Waals surface area contributed by atoms with Gasteiger partial charge in [0.25, 0.3) is 0 Å². The van der Waals surface area contributed by atoms with Crippen LogP contribution in [0, 0.1) is 5.92 Å². The fourth-order valence-corrected chi connectivity index (χ4v) is 3.07. The number of piperidine rings is 1. The molecule has 2 unspecified atom stereocenters. The highest BCUT2D eigenvalue weighted by Crippen LogP contribution is 2.23. The molecule has 0 aromatic carbocycles. The first kappa shape index (κ1) is 13.4. The molecule has 2 atom stereocenters. The number of carbonyl (C=O) groups excluding carboxylic acids is 2. The van der Waals surface area contributed by atoms with Crippen LogP contribution in [0.1, 0.15) is 51.9 Å². The predicted molar refractivity (Wildman–Crippen MR) is 70.0 cm³/mol. The van der Waals surface area contributed by atoms with Crippen molar-refractivity contribution in [3.05, 3.63) is 0 Å².